The Kier molecular flexibility index (Phi) is 4.40. The maximum Gasteiger partial charge on any atom is 0.352 e. The molecule has 0 atom stereocenters. The quantitative estimate of drug-likeness (QED) is 0.800. The van der Waals surface area contributed by atoms with E-state index in [1.165, 1.54) is 38.7 Å². The van der Waals surface area contributed by atoms with Crippen molar-refractivity contribution in [3.05, 3.63) is 23.5 Å². The molecule has 1 heterocycles. The SMILES string of the molecule is CC(=O)c1cc(C(=O)O)n(CCCC2CCCC2)c1. The summed E-state index contributed by atoms with van der Waals surface area (Å²) < 4.78 is 1.70. The fraction of sp³-hybridized carbons (Fsp3) is 0.600. The van der Waals surface area contributed by atoms with E-state index in [1.54, 1.807) is 10.8 Å². The maximum absolute atomic E-state index is 11.3. The van der Waals surface area contributed by atoms with Gasteiger partial charge in [0.25, 0.3) is 0 Å². The molecule has 0 aromatic carbocycles. The van der Waals surface area contributed by atoms with Crippen molar-refractivity contribution in [2.45, 2.75) is 52.0 Å². The van der Waals surface area contributed by atoms with Crippen molar-refractivity contribution in [3.8, 4) is 0 Å². The van der Waals surface area contributed by atoms with Crippen molar-refractivity contribution in [1.29, 1.82) is 0 Å². The Balaban J connectivity index is 1.97. The van der Waals surface area contributed by atoms with E-state index in [1.807, 2.05) is 0 Å². The third-order valence-corrected chi connectivity index (χ3v) is 4.01. The van der Waals surface area contributed by atoms with Crippen molar-refractivity contribution < 1.29 is 14.7 Å². The van der Waals surface area contributed by atoms with Gasteiger partial charge in [-0.25, -0.2) is 4.79 Å². The van der Waals surface area contributed by atoms with Gasteiger partial charge in [0.2, 0.25) is 0 Å². The van der Waals surface area contributed by atoms with Crippen LogP contribution in [-0.2, 0) is 6.54 Å². The Labute approximate surface area is 113 Å². The van der Waals surface area contributed by atoms with E-state index < -0.39 is 5.97 Å². The fourth-order valence-corrected chi connectivity index (χ4v) is 2.92. The Bertz CT molecular complexity index is 470. The lowest BCUT2D eigenvalue weighted by Gasteiger charge is -2.10. The number of aromatic carboxylic acids is 1. The smallest absolute Gasteiger partial charge is 0.352 e. The van der Waals surface area contributed by atoms with Crippen molar-refractivity contribution in [2.75, 3.05) is 0 Å². The van der Waals surface area contributed by atoms with Crippen molar-refractivity contribution in [3.63, 3.8) is 0 Å². The number of nitrogens with zero attached hydrogens (tertiary/aromatic N) is 1. The molecule has 19 heavy (non-hydrogen) atoms. The van der Waals surface area contributed by atoms with Crippen LogP contribution in [0.2, 0.25) is 0 Å². The second kappa shape index (κ2) is 6.04. The highest BCUT2D eigenvalue weighted by Gasteiger charge is 2.17. The van der Waals surface area contributed by atoms with Gasteiger partial charge in [0.15, 0.2) is 5.78 Å². The Morgan fingerprint density at radius 2 is 2.05 bits per heavy atom. The summed E-state index contributed by atoms with van der Waals surface area (Å²) in [5.41, 5.74) is 0.704. The highest BCUT2D eigenvalue weighted by atomic mass is 16.4. The molecule has 0 amide bonds. The van der Waals surface area contributed by atoms with Gasteiger partial charge in [-0.2, -0.15) is 0 Å². The van der Waals surface area contributed by atoms with Gasteiger partial charge in [-0.15, -0.1) is 0 Å². The first-order valence-electron chi connectivity index (χ1n) is 7.02. The third kappa shape index (κ3) is 3.46. The minimum atomic E-state index is -0.964. The topological polar surface area (TPSA) is 59.3 Å². The molecular formula is C15H21NO3. The third-order valence-electron chi connectivity index (χ3n) is 4.01. The second-order valence-corrected chi connectivity index (χ2v) is 5.46. The first kappa shape index (κ1) is 13.8. The molecular weight excluding hydrogens is 242 g/mol. The fourth-order valence-electron chi connectivity index (χ4n) is 2.92. The lowest BCUT2D eigenvalue weighted by Crippen LogP contribution is -2.08. The molecule has 1 aromatic heterocycles. The van der Waals surface area contributed by atoms with Gasteiger partial charge in [-0.05, 0) is 31.7 Å². The van der Waals surface area contributed by atoms with Crippen LogP contribution in [0.5, 0.6) is 0 Å². The summed E-state index contributed by atoms with van der Waals surface area (Å²) in [6.45, 7) is 2.15. The van der Waals surface area contributed by atoms with E-state index in [-0.39, 0.29) is 11.5 Å². The Hall–Kier alpha value is -1.58. The van der Waals surface area contributed by atoms with Gasteiger partial charge in [-0.1, -0.05) is 25.7 Å². The molecule has 1 aromatic rings. The summed E-state index contributed by atoms with van der Waals surface area (Å²) in [5.74, 6) is -0.235. The number of hydrogen-bond donors (Lipinski definition) is 1. The lowest BCUT2D eigenvalue weighted by atomic mass is 10.0. The van der Waals surface area contributed by atoms with Crippen LogP contribution >= 0.6 is 0 Å². The molecule has 0 spiro atoms. The summed E-state index contributed by atoms with van der Waals surface area (Å²) in [4.78, 5) is 22.5. The predicted octanol–water partition coefficient (Wildman–Crippen LogP) is 3.36. The highest BCUT2D eigenvalue weighted by Crippen LogP contribution is 2.28. The number of carboxylic acids is 1. The zero-order chi connectivity index (χ0) is 13.8. The number of carbonyl (C=O) groups is 2. The van der Waals surface area contributed by atoms with Gasteiger partial charge < -0.3 is 9.67 Å². The molecule has 4 heteroatoms. The highest BCUT2D eigenvalue weighted by molar-refractivity contribution is 5.97. The Morgan fingerprint density at radius 1 is 1.37 bits per heavy atom. The number of hydrogen-bond acceptors (Lipinski definition) is 2. The molecule has 104 valence electrons. The normalized spacial score (nSPS) is 15.8. The summed E-state index contributed by atoms with van der Waals surface area (Å²) in [7, 11) is 0. The monoisotopic (exact) mass is 263 g/mol. The van der Waals surface area contributed by atoms with Gasteiger partial charge in [-0.3, -0.25) is 4.79 Å². The summed E-state index contributed by atoms with van der Waals surface area (Å²) in [6, 6.07) is 1.47. The number of ketones is 1. The molecule has 4 nitrogen and oxygen atoms in total. The zero-order valence-corrected chi connectivity index (χ0v) is 11.4. The van der Waals surface area contributed by atoms with Crippen LogP contribution in [0.1, 0.15) is 66.3 Å². The molecule has 0 saturated heterocycles. The van der Waals surface area contributed by atoms with Crippen molar-refractivity contribution in [2.24, 2.45) is 5.92 Å². The van der Waals surface area contributed by atoms with Gasteiger partial charge in [0, 0.05) is 18.3 Å². The average Bonchev–Trinajstić information content (AvgIpc) is 2.97. The summed E-state index contributed by atoms with van der Waals surface area (Å²) in [5, 5.41) is 9.14. The van der Waals surface area contributed by atoms with E-state index in [0.717, 1.165) is 18.8 Å². The van der Waals surface area contributed by atoms with E-state index in [2.05, 4.69) is 0 Å². The van der Waals surface area contributed by atoms with Crippen molar-refractivity contribution in [1.82, 2.24) is 4.57 Å². The lowest BCUT2D eigenvalue weighted by molar-refractivity contribution is 0.0684. The second-order valence-electron chi connectivity index (χ2n) is 5.46. The zero-order valence-electron chi connectivity index (χ0n) is 11.4. The number of rotatable bonds is 6. The minimum Gasteiger partial charge on any atom is -0.477 e. The van der Waals surface area contributed by atoms with Crippen LogP contribution in [-0.4, -0.2) is 21.4 Å². The molecule has 1 saturated carbocycles. The first-order valence-corrected chi connectivity index (χ1v) is 7.02. The number of carboxylic acid groups (broad SMARTS) is 1. The molecule has 1 N–H and O–H groups in total. The maximum atomic E-state index is 11.3. The summed E-state index contributed by atoms with van der Waals surface area (Å²) in [6.07, 6.45) is 9.11. The van der Waals surface area contributed by atoms with Crippen LogP contribution in [0.15, 0.2) is 12.3 Å². The standard InChI is InChI=1S/C15H21NO3/c1-11(17)13-9-14(15(18)19)16(10-13)8-4-7-12-5-2-3-6-12/h9-10,12H,2-8H2,1H3,(H,18,19). The number of aromatic nitrogens is 1. The number of carbonyl (C=O) groups excluding carboxylic acids is 1. The Morgan fingerprint density at radius 3 is 2.63 bits per heavy atom. The van der Waals surface area contributed by atoms with E-state index in [4.69, 9.17) is 5.11 Å². The largest absolute Gasteiger partial charge is 0.477 e. The molecule has 1 aliphatic carbocycles. The molecule has 0 unspecified atom stereocenters. The van der Waals surface area contributed by atoms with E-state index in [9.17, 15) is 9.59 Å². The van der Waals surface area contributed by atoms with Crippen LogP contribution in [0.4, 0.5) is 0 Å². The van der Waals surface area contributed by atoms with E-state index >= 15 is 0 Å². The minimum absolute atomic E-state index is 0.0861. The molecule has 0 radical (unpaired) electrons. The van der Waals surface area contributed by atoms with Crippen molar-refractivity contribution >= 4 is 11.8 Å². The van der Waals surface area contributed by atoms with E-state index in [0.29, 0.717) is 12.1 Å². The van der Waals surface area contributed by atoms with Gasteiger partial charge in [0.05, 0.1) is 0 Å². The molecule has 1 fully saturated rings. The van der Waals surface area contributed by atoms with Crippen LogP contribution in [0.3, 0.4) is 0 Å². The number of Topliss-reactive ketones (excluding diaryl/α,β-unsaturated/α-hetero) is 1. The molecule has 0 bridgehead atoms. The molecule has 0 aliphatic heterocycles. The molecule has 2 rings (SSSR count). The van der Waals surface area contributed by atoms with Crippen LogP contribution in [0.25, 0.3) is 0 Å². The number of aryl methyl sites for hydroxylation is 1. The molecule has 1 aliphatic rings. The van der Waals surface area contributed by atoms with Crippen LogP contribution < -0.4 is 0 Å². The predicted molar refractivity (Wildman–Crippen MR) is 72.6 cm³/mol. The summed E-state index contributed by atoms with van der Waals surface area (Å²) >= 11 is 0. The average molecular weight is 263 g/mol. The van der Waals surface area contributed by atoms with Gasteiger partial charge in [0.1, 0.15) is 5.69 Å². The first-order chi connectivity index (χ1) is 9.08. The van der Waals surface area contributed by atoms with Gasteiger partial charge >= 0.3 is 5.97 Å². The van der Waals surface area contributed by atoms with Crippen LogP contribution in [0, 0.1) is 5.92 Å².